The van der Waals surface area contributed by atoms with Gasteiger partial charge in [-0.05, 0) is 0 Å². The van der Waals surface area contributed by atoms with Gasteiger partial charge in [0.2, 0.25) is 6.36 Å². The minimum absolute atomic E-state index is 0.187. The van der Waals surface area contributed by atoms with E-state index in [9.17, 15) is 35.0 Å². The summed E-state index contributed by atoms with van der Waals surface area (Å²) in [5, 5.41) is 57.9. The molecule has 0 radical (unpaired) electrons. The zero-order chi connectivity index (χ0) is 17.3. The van der Waals surface area contributed by atoms with Gasteiger partial charge < -0.3 is 50.6 Å². The maximum absolute atomic E-state index is 13.4. The number of aliphatic hydroxyl groups is 6. The molecule has 23 heavy (non-hydrogen) atoms. The molecule has 8 N–H and O–H groups in total. The first-order chi connectivity index (χ1) is 10.8. The second kappa shape index (κ2) is 7.61. The Kier molecular flexibility index (Phi) is 6.24. The molecule has 2 aliphatic heterocycles. The molecule has 11 heteroatoms. The molecule has 0 bridgehead atoms. The molecule has 0 aliphatic carbocycles. The Morgan fingerprint density at radius 2 is 1.52 bits per heavy atom. The Morgan fingerprint density at radius 3 is 2.09 bits per heavy atom. The van der Waals surface area contributed by atoms with Crippen molar-refractivity contribution in [1.82, 2.24) is 0 Å². The fraction of sp³-hybridized carbons (Fsp3) is 1.00. The standard InChI is InChI=1S/C12H22FNO9/c13-11-8(19)7(18)10(4(2-15)21-11)23-12-9(20)6(17)5(16)3(1-14)22-12/h3-12,15-20H,1-2,14H2/t3-,4-,5-,6+,7-,8-,9-,10-,11+,12+/m1/s1. The van der Waals surface area contributed by atoms with Crippen LogP contribution in [0.4, 0.5) is 4.39 Å². The minimum atomic E-state index is -2.22. The first-order valence-corrected chi connectivity index (χ1v) is 7.13. The average Bonchev–Trinajstić information content (AvgIpc) is 2.55. The molecule has 0 saturated carbocycles. The van der Waals surface area contributed by atoms with Crippen LogP contribution in [0.3, 0.4) is 0 Å². The number of ether oxygens (including phenoxy) is 3. The Bertz CT molecular complexity index is 388. The highest BCUT2D eigenvalue weighted by molar-refractivity contribution is 4.93. The first kappa shape index (κ1) is 18.9. The van der Waals surface area contributed by atoms with E-state index in [1.54, 1.807) is 0 Å². The van der Waals surface area contributed by atoms with E-state index in [2.05, 4.69) is 4.74 Å². The van der Waals surface area contributed by atoms with Gasteiger partial charge in [-0.25, -0.2) is 4.39 Å². The van der Waals surface area contributed by atoms with Crippen LogP contribution in [0.2, 0.25) is 0 Å². The van der Waals surface area contributed by atoms with Crippen LogP contribution < -0.4 is 5.73 Å². The van der Waals surface area contributed by atoms with Gasteiger partial charge in [-0.2, -0.15) is 0 Å². The lowest BCUT2D eigenvalue weighted by Crippen LogP contribution is -2.64. The maximum Gasteiger partial charge on any atom is 0.228 e. The van der Waals surface area contributed by atoms with E-state index in [1.165, 1.54) is 0 Å². The predicted octanol–water partition coefficient (Wildman–Crippen LogP) is -4.45. The third-order valence-corrected chi connectivity index (χ3v) is 4.00. The van der Waals surface area contributed by atoms with Crippen LogP contribution in [-0.4, -0.2) is 105 Å². The molecule has 10 nitrogen and oxygen atoms in total. The summed E-state index contributed by atoms with van der Waals surface area (Å²) in [6, 6.07) is 0. The van der Waals surface area contributed by atoms with Gasteiger partial charge in [-0.3, -0.25) is 0 Å². The number of alkyl halides is 1. The summed E-state index contributed by atoms with van der Waals surface area (Å²) >= 11 is 0. The summed E-state index contributed by atoms with van der Waals surface area (Å²) in [6.07, 6.45) is -16.1. The second-order valence-electron chi connectivity index (χ2n) is 5.54. The smallest absolute Gasteiger partial charge is 0.228 e. The molecule has 136 valence electrons. The second-order valence-corrected chi connectivity index (χ2v) is 5.54. The van der Waals surface area contributed by atoms with Crippen LogP contribution in [0.5, 0.6) is 0 Å². The molecule has 2 fully saturated rings. The summed E-state index contributed by atoms with van der Waals surface area (Å²) in [4.78, 5) is 0. The topological polar surface area (TPSA) is 175 Å². The van der Waals surface area contributed by atoms with Crippen molar-refractivity contribution in [1.29, 1.82) is 0 Å². The van der Waals surface area contributed by atoms with Crippen molar-refractivity contribution in [2.75, 3.05) is 13.2 Å². The molecule has 0 aromatic carbocycles. The number of hydrogen-bond donors (Lipinski definition) is 7. The molecule has 2 saturated heterocycles. The van der Waals surface area contributed by atoms with Crippen molar-refractivity contribution in [3.05, 3.63) is 0 Å². The van der Waals surface area contributed by atoms with E-state index < -0.39 is 68.1 Å². The molecular formula is C12H22FNO9. The van der Waals surface area contributed by atoms with Gasteiger partial charge in [0, 0.05) is 6.54 Å². The lowest BCUT2D eigenvalue weighted by atomic mass is 9.97. The Morgan fingerprint density at radius 1 is 0.870 bits per heavy atom. The summed E-state index contributed by atoms with van der Waals surface area (Å²) < 4.78 is 28.5. The van der Waals surface area contributed by atoms with Crippen LogP contribution in [-0.2, 0) is 14.2 Å². The van der Waals surface area contributed by atoms with Crippen LogP contribution in [0.15, 0.2) is 0 Å². The largest absolute Gasteiger partial charge is 0.394 e. The van der Waals surface area contributed by atoms with E-state index in [4.69, 9.17) is 15.2 Å². The van der Waals surface area contributed by atoms with Crippen molar-refractivity contribution in [3.8, 4) is 0 Å². The van der Waals surface area contributed by atoms with E-state index in [-0.39, 0.29) is 6.54 Å². The summed E-state index contributed by atoms with van der Waals surface area (Å²) in [6.45, 7) is -0.920. The molecular weight excluding hydrogens is 321 g/mol. The normalized spacial score (nSPS) is 51.7. The quantitative estimate of drug-likeness (QED) is 0.264. The van der Waals surface area contributed by atoms with E-state index in [0.717, 1.165) is 0 Å². The van der Waals surface area contributed by atoms with Gasteiger partial charge in [-0.1, -0.05) is 0 Å². The minimum Gasteiger partial charge on any atom is -0.394 e. The number of rotatable bonds is 4. The van der Waals surface area contributed by atoms with Crippen LogP contribution in [0.25, 0.3) is 0 Å². The van der Waals surface area contributed by atoms with Gasteiger partial charge in [0.1, 0.15) is 48.8 Å². The monoisotopic (exact) mass is 343 g/mol. The van der Waals surface area contributed by atoms with Gasteiger partial charge >= 0.3 is 0 Å². The number of nitrogens with two attached hydrogens (primary N) is 1. The molecule has 2 heterocycles. The van der Waals surface area contributed by atoms with Crippen molar-refractivity contribution >= 4 is 0 Å². The molecule has 0 aromatic heterocycles. The maximum atomic E-state index is 13.4. The molecule has 10 atom stereocenters. The van der Waals surface area contributed by atoms with Gasteiger partial charge in [0.25, 0.3) is 0 Å². The first-order valence-electron chi connectivity index (χ1n) is 7.13. The molecule has 2 rings (SSSR count). The molecule has 2 aliphatic rings. The highest BCUT2D eigenvalue weighted by Crippen LogP contribution is 2.29. The summed E-state index contributed by atoms with van der Waals surface area (Å²) in [5.41, 5.74) is 5.38. The zero-order valence-electron chi connectivity index (χ0n) is 12.1. The molecule has 0 unspecified atom stereocenters. The predicted molar refractivity (Wildman–Crippen MR) is 69.5 cm³/mol. The number of halogens is 1. The fourth-order valence-electron chi connectivity index (χ4n) is 2.59. The van der Waals surface area contributed by atoms with Crippen LogP contribution >= 0.6 is 0 Å². The van der Waals surface area contributed by atoms with Gasteiger partial charge in [-0.15, -0.1) is 0 Å². The Hall–Kier alpha value is -0.470. The average molecular weight is 343 g/mol. The van der Waals surface area contributed by atoms with E-state index in [1.807, 2.05) is 0 Å². The SMILES string of the molecule is NC[C@H]1O[C@@H](O[C@H]2[C@H](O)[C@@H](O)[C@@H](F)O[C@@H]2CO)[C@H](O)[C@@H](O)[C@@H]1O. The van der Waals surface area contributed by atoms with Crippen molar-refractivity contribution in [2.45, 2.75) is 61.5 Å². The zero-order valence-corrected chi connectivity index (χ0v) is 12.1. The van der Waals surface area contributed by atoms with Gasteiger partial charge in [0.05, 0.1) is 6.61 Å². The lowest BCUT2D eigenvalue weighted by molar-refractivity contribution is -0.345. The fourth-order valence-corrected chi connectivity index (χ4v) is 2.59. The third kappa shape index (κ3) is 3.64. The highest BCUT2D eigenvalue weighted by atomic mass is 19.1. The lowest BCUT2D eigenvalue weighted by Gasteiger charge is -2.44. The van der Waals surface area contributed by atoms with Crippen molar-refractivity contribution in [2.24, 2.45) is 5.73 Å². The Balaban J connectivity index is 2.11. The summed E-state index contributed by atoms with van der Waals surface area (Å²) in [5.74, 6) is 0. The van der Waals surface area contributed by atoms with Gasteiger partial charge in [0.15, 0.2) is 6.29 Å². The summed E-state index contributed by atoms with van der Waals surface area (Å²) in [7, 11) is 0. The molecule has 0 aromatic rings. The highest BCUT2D eigenvalue weighted by Gasteiger charge is 2.50. The third-order valence-electron chi connectivity index (χ3n) is 4.00. The number of hydrogen-bond acceptors (Lipinski definition) is 10. The molecule has 0 spiro atoms. The molecule has 0 amide bonds. The van der Waals surface area contributed by atoms with Crippen molar-refractivity contribution < 1.29 is 49.2 Å². The van der Waals surface area contributed by atoms with Crippen LogP contribution in [0, 0.1) is 0 Å². The van der Waals surface area contributed by atoms with E-state index >= 15 is 0 Å². The van der Waals surface area contributed by atoms with Crippen LogP contribution in [0.1, 0.15) is 0 Å². The Labute approximate surface area is 130 Å². The van der Waals surface area contributed by atoms with Crippen molar-refractivity contribution in [3.63, 3.8) is 0 Å². The number of aliphatic hydroxyl groups excluding tert-OH is 6. The van der Waals surface area contributed by atoms with E-state index in [0.29, 0.717) is 0 Å².